The normalized spacial score (nSPS) is 23.9. The van der Waals surface area contributed by atoms with Crippen molar-refractivity contribution < 1.29 is 9.59 Å². The highest BCUT2D eigenvalue weighted by Gasteiger charge is 2.30. The summed E-state index contributed by atoms with van der Waals surface area (Å²) in [5.74, 6) is 0.601. The molecule has 20 heavy (non-hydrogen) atoms. The van der Waals surface area contributed by atoms with Crippen molar-refractivity contribution in [2.45, 2.75) is 77.3 Å². The van der Waals surface area contributed by atoms with Gasteiger partial charge in [0.1, 0.15) is 0 Å². The van der Waals surface area contributed by atoms with E-state index in [1.807, 2.05) is 4.90 Å². The predicted octanol–water partition coefficient (Wildman–Crippen LogP) is 2.57. The first-order chi connectivity index (χ1) is 9.63. The summed E-state index contributed by atoms with van der Waals surface area (Å²) in [4.78, 5) is 28.1. The van der Waals surface area contributed by atoms with Crippen molar-refractivity contribution in [1.82, 2.24) is 9.80 Å². The number of likely N-dealkylation sites (tertiary alicyclic amines) is 2. The third-order valence-corrected chi connectivity index (χ3v) is 4.78. The van der Waals surface area contributed by atoms with Crippen LogP contribution in [-0.4, -0.2) is 46.8 Å². The number of carbonyl (C=O) groups is 2. The first kappa shape index (κ1) is 15.3. The number of amides is 2. The molecule has 2 saturated heterocycles. The molecule has 2 fully saturated rings. The Bertz CT molecular complexity index is 356. The molecule has 2 heterocycles. The predicted molar refractivity (Wildman–Crippen MR) is 79.3 cm³/mol. The third kappa shape index (κ3) is 3.53. The second kappa shape index (κ2) is 7.09. The lowest BCUT2D eigenvalue weighted by atomic mass is 10.0. The van der Waals surface area contributed by atoms with E-state index in [0.717, 1.165) is 45.2 Å². The fraction of sp³-hybridized carbons (Fsp3) is 0.875. The SMILES string of the molecule is CCC(C[C@@H](C)N1CCCC1=O)N1CCCCCC1=O. The van der Waals surface area contributed by atoms with Gasteiger partial charge in [0.15, 0.2) is 0 Å². The molecular formula is C16H28N2O2. The van der Waals surface area contributed by atoms with E-state index in [9.17, 15) is 9.59 Å². The zero-order valence-electron chi connectivity index (χ0n) is 12.9. The van der Waals surface area contributed by atoms with Crippen molar-refractivity contribution in [1.29, 1.82) is 0 Å². The molecule has 2 aliphatic rings. The van der Waals surface area contributed by atoms with E-state index in [-0.39, 0.29) is 11.9 Å². The van der Waals surface area contributed by atoms with Gasteiger partial charge in [-0.3, -0.25) is 9.59 Å². The fourth-order valence-electron chi connectivity index (χ4n) is 3.56. The topological polar surface area (TPSA) is 40.6 Å². The van der Waals surface area contributed by atoms with Gasteiger partial charge in [0.05, 0.1) is 0 Å². The van der Waals surface area contributed by atoms with E-state index in [0.29, 0.717) is 24.8 Å². The molecule has 0 bridgehead atoms. The monoisotopic (exact) mass is 280 g/mol. The molecule has 4 heteroatoms. The summed E-state index contributed by atoms with van der Waals surface area (Å²) in [6.45, 7) is 6.08. The number of carbonyl (C=O) groups excluding carboxylic acids is 2. The van der Waals surface area contributed by atoms with Gasteiger partial charge in [-0.1, -0.05) is 13.3 Å². The zero-order valence-corrected chi connectivity index (χ0v) is 12.9. The smallest absolute Gasteiger partial charge is 0.222 e. The highest BCUT2D eigenvalue weighted by atomic mass is 16.2. The molecule has 4 nitrogen and oxygen atoms in total. The van der Waals surface area contributed by atoms with E-state index in [2.05, 4.69) is 18.7 Å². The standard InChI is InChI=1S/C16H28N2O2/c1-3-14(18-10-6-4-5-8-16(18)20)12-13(2)17-11-7-9-15(17)19/h13-14H,3-12H2,1-2H3/t13-,14?/m1/s1. The molecule has 0 N–H and O–H groups in total. The van der Waals surface area contributed by atoms with E-state index in [1.54, 1.807) is 0 Å². The van der Waals surface area contributed by atoms with Crippen molar-refractivity contribution in [3.8, 4) is 0 Å². The van der Waals surface area contributed by atoms with Crippen molar-refractivity contribution in [2.75, 3.05) is 13.1 Å². The molecule has 114 valence electrons. The Balaban J connectivity index is 1.96. The summed E-state index contributed by atoms with van der Waals surface area (Å²) in [5.41, 5.74) is 0. The van der Waals surface area contributed by atoms with Gasteiger partial charge >= 0.3 is 0 Å². The molecule has 0 spiro atoms. The molecule has 0 aromatic heterocycles. The van der Waals surface area contributed by atoms with Gasteiger partial charge in [-0.05, 0) is 39.0 Å². The summed E-state index contributed by atoms with van der Waals surface area (Å²) in [7, 11) is 0. The van der Waals surface area contributed by atoms with Gasteiger partial charge in [0, 0.05) is 38.0 Å². The second-order valence-electron chi connectivity index (χ2n) is 6.24. The van der Waals surface area contributed by atoms with Crippen LogP contribution in [0.2, 0.25) is 0 Å². The van der Waals surface area contributed by atoms with Crippen LogP contribution in [0.15, 0.2) is 0 Å². The Morgan fingerprint density at radius 3 is 2.25 bits per heavy atom. The Hall–Kier alpha value is -1.06. The molecule has 2 amide bonds. The second-order valence-corrected chi connectivity index (χ2v) is 6.24. The fourth-order valence-corrected chi connectivity index (χ4v) is 3.56. The number of nitrogens with zero attached hydrogens (tertiary/aromatic N) is 2. The zero-order chi connectivity index (χ0) is 14.5. The minimum Gasteiger partial charge on any atom is -0.340 e. The first-order valence-corrected chi connectivity index (χ1v) is 8.22. The van der Waals surface area contributed by atoms with Gasteiger partial charge in [-0.15, -0.1) is 0 Å². The molecule has 0 aliphatic carbocycles. The molecule has 2 rings (SSSR count). The average Bonchev–Trinajstić information content (AvgIpc) is 2.75. The molecule has 0 radical (unpaired) electrons. The Labute approximate surface area is 122 Å². The van der Waals surface area contributed by atoms with Gasteiger partial charge in [0.2, 0.25) is 11.8 Å². The van der Waals surface area contributed by atoms with Crippen LogP contribution in [0.1, 0.15) is 65.2 Å². The minimum atomic E-state index is 0.256. The molecule has 2 aliphatic heterocycles. The maximum Gasteiger partial charge on any atom is 0.222 e. The number of hydrogen-bond acceptors (Lipinski definition) is 2. The Morgan fingerprint density at radius 1 is 0.950 bits per heavy atom. The van der Waals surface area contributed by atoms with Crippen molar-refractivity contribution in [3.05, 3.63) is 0 Å². The molecule has 1 unspecified atom stereocenters. The molecule has 0 aromatic rings. The lowest BCUT2D eigenvalue weighted by Gasteiger charge is -2.34. The van der Waals surface area contributed by atoms with Crippen LogP contribution in [0, 0.1) is 0 Å². The van der Waals surface area contributed by atoms with E-state index < -0.39 is 0 Å². The van der Waals surface area contributed by atoms with Crippen LogP contribution in [0.3, 0.4) is 0 Å². The largest absolute Gasteiger partial charge is 0.340 e. The van der Waals surface area contributed by atoms with Gasteiger partial charge < -0.3 is 9.80 Å². The van der Waals surface area contributed by atoms with Crippen molar-refractivity contribution >= 4 is 11.8 Å². The Kier molecular flexibility index (Phi) is 5.44. The van der Waals surface area contributed by atoms with Crippen LogP contribution in [0.25, 0.3) is 0 Å². The first-order valence-electron chi connectivity index (χ1n) is 8.22. The number of hydrogen-bond donors (Lipinski definition) is 0. The molecular weight excluding hydrogens is 252 g/mol. The van der Waals surface area contributed by atoms with Crippen LogP contribution in [-0.2, 0) is 9.59 Å². The molecule has 2 atom stereocenters. The van der Waals surface area contributed by atoms with E-state index >= 15 is 0 Å². The van der Waals surface area contributed by atoms with Gasteiger partial charge in [0.25, 0.3) is 0 Å². The highest BCUT2D eigenvalue weighted by molar-refractivity contribution is 5.78. The maximum atomic E-state index is 12.2. The van der Waals surface area contributed by atoms with Gasteiger partial charge in [-0.25, -0.2) is 0 Å². The van der Waals surface area contributed by atoms with Crippen LogP contribution in [0.4, 0.5) is 0 Å². The third-order valence-electron chi connectivity index (χ3n) is 4.78. The summed E-state index contributed by atoms with van der Waals surface area (Å²) in [6, 6.07) is 0.551. The van der Waals surface area contributed by atoms with Gasteiger partial charge in [-0.2, -0.15) is 0 Å². The minimum absolute atomic E-state index is 0.256. The summed E-state index contributed by atoms with van der Waals surface area (Å²) in [6.07, 6.45) is 7.62. The lowest BCUT2D eigenvalue weighted by Crippen LogP contribution is -2.44. The van der Waals surface area contributed by atoms with E-state index in [4.69, 9.17) is 0 Å². The maximum absolute atomic E-state index is 12.2. The Morgan fingerprint density at radius 2 is 1.60 bits per heavy atom. The van der Waals surface area contributed by atoms with Crippen LogP contribution < -0.4 is 0 Å². The summed E-state index contributed by atoms with van der Waals surface area (Å²) < 4.78 is 0. The van der Waals surface area contributed by atoms with Crippen LogP contribution >= 0.6 is 0 Å². The van der Waals surface area contributed by atoms with Crippen molar-refractivity contribution in [3.63, 3.8) is 0 Å². The quantitative estimate of drug-likeness (QED) is 0.776. The molecule has 0 saturated carbocycles. The lowest BCUT2D eigenvalue weighted by molar-refractivity contribution is -0.133. The highest BCUT2D eigenvalue weighted by Crippen LogP contribution is 2.22. The molecule has 0 aromatic carbocycles. The average molecular weight is 280 g/mol. The van der Waals surface area contributed by atoms with Crippen molar-refractivity contribution in [2.24, 2.45) is 0 Å². The summed E-state index contributed by atoms with van der Waals surface area (Å²) in [5, 5.41) is 0. The van der Waals surface area contributed by atoms with Crippen LogP contribution in [0.5, 0.6) is 0 Å². The number of rotatable bonds is 5. The van der Waals surface area contributed by atoms with E-state index in [1.165, 1.54) is 6.42 Å². The summed E-state index contributed by atoms with van der Waals surface area (Å²) >= 11 is 0.